The third-order valence-corrected chi connectivity index (χ3v) is 5.09. The zero-order valence-corrected chi connectivity index (χ0v) is 13.5. The molecule has 0 spiro atoms. The molecule has 1 amide bonds. The number of carbonyl (C=O) groups is 1. The Balaban J connectivity index is 2.19. The molecule has 1 heterocycles. The molecule has 0 aliphatic carbocycles. The zero-order chi connectivity index (χ0) is 14.8. The molecule has 1 unspecified atom stereocenters. The predicted molar refractivity (Wildman–Crippen MR) is 87.5 cm³/mol. The predicted octanol–water partition coefficient (Wildman–Crippen LogP) is 3.47. The SMILES string of the molecule is CCCC(C)(N)C(=O)Nc1ccc2nc(SC)sc2c1. The number of nitrogens with zero attached hydrogens (tertiary/aromatic N) is 1. The van der Waals surface area contributed by atoms with Gasteiger partial charge in [-0.2, -0.15) is 0 Å². The van der Waals surface area contributed by atoms with E-state index in [4.69, 9.17) is 5.73 Å². The van der Waals surface area contributed by atoms with Crippen molar-refractivity contribution in [3.05, 3.63) is 18.2 Å². The van der Waals surface area contributed by atoms with Gasteiger partial charge in [0.25, 0.3) is 0 Å². The normalized spacial score (nSPS) is 14.2. The summed E-state index contributed by atoms with van der Waals surface area (Å²) in [6, 6.07) is 5.74. The summed E-state index contributed by atoms with van der Waals surface area (Å²) in [7, 11) is 0. The number of carbonyl (C=O) groups excluding carboxylic acids is 1. The molecule has 20 heavy (non-hydrogen) atoms. The van der Waals surface area contributed by atoms with Gasteiger partial charge in [0.2, 0.25) is 5.91 Å². The minimum atomic E-state index is -0.832. The van der Waals surface area contributed by atoms with Gasteiger partial charge in [-0.3, -0.25) is 4.79 Å². The van der Waals surface area contributed by atoms with Crippen molar-refractivity contribution < 1.29 is 4.79 Å². The Hall–Kier alpha value is -1.11. The van der Waals surface area contributed by atoms with Crippen LogP contribution in [-0.2, 0) is 4.79 Å². The second kappa shape index (κ2) is 6.11. The molecule has 1 aromatic heterocycles. The van der Waals surface area contributed by atoms with Crippen LogP contribution in [0.15, 0.2) is 22.5 Å². The van der Waals surface area contributed by atoms with Crippen molar-refractivity contribution in [2.75, 3.05) is 11.6 Å². The van der Waals surface area contributed by atoms with Gasteiger partial charge in [-0.15, -0.1) is 11.3 Å². The Labute approximate surface area is 127 Å². The van der Waals surface area contributed by atoms with Gasteiger partial charge < -0.3 is 11.1 Å². The van der Waals surface area contributed by atoms with E-state index in [1.807, 2.05) is 31.4 Å². The van der Waals surface area contributed by atoms with Gasteiger partial charge in [0.05, 0.1) is 15.8 Å². The highest BCUT2D eigenvalue weighted by Crippen LogP contribution is 2.30. The molecule has 1 atom stereocenters. The highest BCUT2D eigenvalue weighted by atomic mass is 32.2. The van der Waals surface area contributed by atoms with Crippen LogP contribution < -0.4 is 11.1 Å². The summed E-state index contributed by atoms with van der Waals surface area (Å²) < 4.78 is 2.10. The van der Waals surface area contributed by atoms with Gasteiger partial charge in [0.15, 0.2) is 4.34 Å². The van der Waals surface area contributed by atoms with E-state index < -0.39 is 5.54 Å². The van der Waals surface area contributed by atoms with E-state index in [0.717, 1.165) is 26.7 Å². The highest BCUT2D eigenvalue weighted by Gasteiger charge is 2.27. The van der Waals surface area contributed by atoms with Crippen LogP contribution in [0.2, 0.25) is 0 Å². The number of hydrogen-bond acceptors (Lipinski definition) is 5. The number of fused-ring (bicyclic) bond motifs is 1. The number of anilines is 1. The van der Waals surface area contributed by atoms with Crippen LogP contribution in [-0.4, -0.2) is 22.7 Å². The minimum Gasteiger partial charge on any atom is -0.324 e. The maximum atomic E-state index is 12.2. The summed E-state index contributed by atoms with van der Waals surface area (Å²) in [6.07, 6.45) is 3.55. The lowest BCUT2D eigenvalue weighted by Gasteiger charge is -2.22. The van der Waals surface area contributed by atoms with Gasteiger partial charge in [-0.1, -0.05) is 25.1 Å². The highest BCUT2D eigenvalue weighted by molar-refractivity contribution is 8.00. The first kappa shape index (κ1) is 15.3. The Morgan fingerprint density at radius 1 is 1.55 bits per heavy atom. The number of rotatable bonds is 5. The number of hydrogen-bond donors (Lipinski definition) is 2. The third kappa shape index (κ3) is 3.31. The maximum absolute atomic E-state index is 12.2. The van der Waals surface area contributed by atoms with Gasteiger partial charge in [-0.25, -0.2) is 4.98 Å². The van der Waals surface area contributed by atoms with Crippen LogP contribution >= 0.6 is 23.1 Å². The van der Waals surface area contributed by atoms with E-state index in [9.17, 15) is 4.79 Å². The van der Waals surface area contributed by atoms with Crippen LogP contribution in [0.25, 0.3) is 10.2 Å². The van der Waals surface area contributed by atoms with Crippen LogP contribution in [0.1, 0.15) is 26.7 Å². The molecule has 3 N–H and O–H groups in total. The lowest BCUT2D eigenvalue weighted by molar-refractivity contribution is -0.120. The lowest BCUT2D eigenvalue weighted by Crippen LogP contribution is -2.48. The number of nitrogens with two attached hydrogens (primary N) is 1. The molecule has 1 aromatic carbocycles. The topological polar surface area (TPSA) is 68.0 Å². The average molecular weight is 309 g/mol. The molecule has 4 nitrogen and oxygen atoms in total. The number of nitrogens with one attached hydrogen (secondary N) is 1. The van der Waals surface area contributed by atoms with Crippen molar-refractivity contribution >= 4 is 44.9 Å². The molecular weight excluding hydrogens is 290 g/mol. The zero-order valence-electron chi connectivity index (χ0n) is 11.9. The number of benzene rings is 1. The van der Waals surface area contributed by atoms with Crippen molar-refractivity contribution in [2.24, 2.45) is 5.73 Å². The smallest absolute Gasteiger partial charge is 0.244 e. The fraction of sp³-hybridized carbons (Fsp3) is 0.429. The van der Waals surface area contributed by atoms with Crippen LogP contribution in [0.5, 0.6) is 0 Å². The number of aromatic nitrogens is 1. The van der Waals surface area contributed by atoms with E-state index >= 15 is 0 Å². The van der Waals surface area contributed by atoms with Gasteiger partial charge >= 0.3 is 0 Å². The van der Waals surface area contributed by atoms with E-state index in [-0.39, 0.29) is 5.91 Å². The van der Waals surface area contributed by atoms with E-state index in [2.05, 4.69) is 10.3 Å². The summed E-state index contributed by atoms with van der Waals surface area (Å²) in [6.45, 7) is 3.79. The molecule has 108 valence electrons. The first-order valence-corrected chi connectivity index (χ1v) is 8.55. The van der Waals surface area contributed by atoms with Crippen LogP contribution in [0, 0.1) is 0 Å². The van der Waals surface area contributed by atoms with Crippen molar-refractivity contribution in [3.8, 4) is 0 Å². The number of thiazole rings is 1. The molecular formula is C14H19N3OS2. The standard InChI is InChI=1S/C14H19N3OS2/c1-4-7-14(2,15)12(18)16-9-5-6-10-11(8-9)20-13(17-10)19-3/h5-6,8H,4,7,15H2,1-3H3,(H,16,18). The molecule has 2 rings (SSSR count). The largest absolute Gasteiger partial charge is 0.324 e. The molecule has 0 saturated carbocycles. The average Bonchev–Trinajstić information content (AvgIpc) is 2.80. The monoisotopic (exact) mass is 309 g/mol. The Kier molecular flexibility index (Phi) is 4.67. The summed E-state index contributed by atoms with van der Waals surface area (Å²) in [5, 5.41) is 2.89. The van der Waals surface area contributed by atoms with Crippen molar-refractivity contribution in [2.45, 2.75) is 36.6 Å². The Morgan fingerprint density at radius 2 is 2.30 bits per heavy atom. The van der Waals surface area contributed by atoms with Gasteiger partial charge in [-0.05, 0) is 37.8 Å². The number of amides is 1. The van der Waals surface area contributed by atoms with Crippen LogP contribution in [0.4, 0.5) is 5.69 Å². The Bertz CT molecular complexity index is 622. The van der Waals surface area contributed by atoms with Crippen molar-refractivity contribution in [1.82, 2.24) is 4.98 Å². The molecule has 0 bridgehead atoms. The third-order valence-electron chi connectivity index (χ3n) is 3.09. The lowest BCUT2D eigenvalue weighted by atomic mass is 9.96. The fourth-order valence-electron chi connectivity index (χ4n) is 1.98. The first-order valence-electron chi connectivity index (χ1n) is 6.51. The van der Waals surface area contributed by atoms with Crippen molar-refractivity contribution in [1.29, 1.82) is 0 Å². The van der Waals surface area contributed by atoms with E-state index in [1.54, 1.807) is 30.0 Å². The molecule has 0 aliphatic rings. The first-order chi connectivity index (χ1) is 9.46. The molecule has 0 fully saturated rings. The summed E-state index contributed by atoms with van der Waals surface area (Å²) in [5.74, 6) is -0.145. The molecule has 0 radical (unpaired) electrons. The fourth-order valence-corrected chi connectivity index (χ4v) is 3.50. The quantitative estimate of drug-likeness (QED) is 0.830. The van der Waals surface area contributed by atoms with Gasteiger partial charge in [0.1, 0.15) is 0 Å². The second-order valence-electron chi connectivity index (χ2n) is 4.99. The number of thioether (sulfide) groups is 1. The van der Waals surface area contributed by atoms with E-state index in [0.29, 0.717) is 6.42 Å². The van der Waals surface area contributed by atoms with Crippen molar-refractivity contribution in [3.63, 3.8) is 0 Å². The minimum absolute atomic E-state index is 0.145. The second-order valence-corrected chi connectivity index (χ2v) is 7.07. The molecule has 0 saturated heterocycles. The molecule has 0 aliphatic heterocycles. The molecule has 2 aromatic rings. The summed E-state index contributed by atoms with van der Waals surface area (Å²) in [4.78, 5) is 16.6. The van der Waals surface area contributed by atoms with Crippen LogP contribution in [0.3, 0.4) is 0 Å². The summed E-state index contributed by atoms with van der Waals surface area (Å²) >= 11 is 3.25. The maximum Gasteiger partial charge on any atom is 0.244 e. The van der Waals surface area contributed by atoms with E-state index in [1.165, 1.54) is 0 Å². The summed E-state index contributed by atoms with van der Waals surface area (Å²) in [5.41, 5.74) is 6.93. The van der Waals surface area contributed by atoms with Gasteiger partial charge in [0, 0.05) is 5.69 Å². The Morgan fingerprint density at radius 3 is 2.95 bits per heavy atom. The molecule has 6 heteroatoms.